The van der Waals surface area contributed by atoms with Gasteiger partial charge in [-0.25, -0.2) is 9.98 Å². The van der Waals surface area contributed by atoms with Crippen molar-refractivity contribution in [3.05, 3.63) is 48.2 Å². The van der Waals surface area contributed by atoms with Gasteiger partial charge in [-0.3, -0.25) is 0 Å². The van der Waals surface area contributed by atoms with E-state index in [1.165, 1.54) is 0 Å². The minimum Gasteiger partial charge on any atom is -0.491 e. The lowest BCUT2D eigenvalue weighted by Crippen LogP contribution is -2.22. The Morgan fingerprint density at radius 3 is 2.54 bits per heavy atom. The third kappa shape index (κ3) is 7.35. The number of ether oxygens (including phenoxy) is 1. The Labute approximate surface area is 160 Å². The van der Waals surface area contributed by atoms with Crippen LogP contribution in [0.4, 0.5) is 5.69 Å². The molecule has 0 fully saturated rings. The minimum atomic E-state index is 0.126. The molecule has 0 spiro atoms. The van der Waals surface area contributed by atoms with Crippen molar-refractivity contribution in [1.82, 2.24) is 4.98 Å². The van der Waals surface area contributed by atoms with Crippen LogP contribution in [0, 0.1) is 0 Å². The molecule has 0 amide bonds. The molecule has 0 bridgehead atoms. The Morgan fingerprint density at radius 1 is 1.23 bits per heavy atom. The standard InChI is InChI=1S/C20H28N4OS/c1-14(2)25-17-8-6-16(7-9-17)24-19(21)23-13-15-10-11-22-18(12-15)26-20(3,4)5/h6-12,14H,13H2,1-5H3,(H3,21,23,24). The van der Waals surface area contributed by atoms with Crippen molar-refractivity contribution in [2.75, 3.05) is 5.32 Å². The first-order chi connectivity index (χ1) is 12.2. The summed E-state index contributed by atoms with van der Waals surface area (Å²) < 4.78 is 5.75. The van der Waals surface area contributed by atoms with Gasteiger partial charge in [0.2, 0.25) is 0 Å². The quantitative estimate of drug-likeness (QED) is 0.437. The molecular formula is C20H28N4OS. The van der Waals surface area contributed by atoms with Gasteiger partial charge in [0.1, 0.15) is 5.75 Å². The first kappa shape index (κ1) is 20.1. The summed E-state index contributed by atoms with van der Waals surface area (Å²) in [7, 11) is 0. The van der Waals surface area contributed by atoms with Crippen LogP contribution in [0.1, 0.15) is 40.2 Å². The van der Waals surface area contributed by atoms with Crippen molar-refractivity contribution in [3.63, 3.8) is 0 Å². The van der Waals surface area contributed by atoms with Gasteiger partial charge in [-0.05, 0) is 55.8 Å². The molecule has 0 aliphatic carbocycles. The molecule has 1 aromatic heterocycles. The molecule has 0 unspecified atom stereocenters. The molecule has 0 aliphatic heterocycles. The fourth-order valence-corrected chi connectivity index (χ4v) is 3.12. The second-order valence-corrected chi connectivity index (χ2v) is 9.08. The van der Waals surface area contributed by atoms with Crippen LogP contribution in [0.5, 0.6) is 5.75 Å². The molecule has 2 rings (SSSR count). The molecule has 0 saturated heterocycles. The molecule has 6 heteroatoms. The lowest BCUT2D eigenvalue weighted by molar-refractivity contribution is 0.242. The van der Waals surface area contributed by atoms with Crippen LogP contribution >= 0.6 is 11.8 Å². The normalized spacial score (nSPS) is 12.3. The van der Waals surface area contributed by atoms with Gasteiger partial charge in [0.05, 0.1) is 17.7 Å². The third-order valence-electron chi connectivity index (χ3n) is 3.14. The van der Waals surface area contributed by atoms with Crippen LogP contribution in [0.15, 0.2) is 52.6 Å². The van der Waals surface area contributed by atoms with Crippen LogP contribution in [0.3, 0.4) is 0 Å². The highest BCUT2D eigenvalue weighted by Gasteiger charge is 2.13. The number of hydrogen-bond donors (Lipinski definition) is 2. The molecule has 1 aromatic carbocycles. The Kier molecular flexibility index (Phi) is 6.91. The number of thioether (sulfide) groups is 1. The predicted molar refractivity (Wildman–Crippen MR) is 111 cm³/mol. The van der Waals surface area contributed by atoms with Crippen molar-refractivity contribution in [2.24, 2.45) is 10.7 Å². The fourth-order valence-electron chi connectivity index (χ4n) is 2.17. The van der Waals surface area contributed by atoms with E-state index in [0.29, 0.717) is 12.5 Å². The zero-order valence-electron chi connectivity index (χ0n) is 16.1. The van der Waals surface area contributed by atoms with Crippen molar-refractivity contribution in [3.8, 4) is 5.75 Å². The molecule has 3 N–H and O–H groups in total. The van der Waals surface area contributed by atoms with E-state index in [9.17, 15) is 0 Å². The molecule has 1 heterocycles. The highest BCUT2D eigenvalue weighted by molar-refractivity contribution is 8.00. The van der Waals surface area contributed by atoms with Crippen LogP contribution in [-0.4, -0.2) is 21.8 Å². The fraction of sp³-hybridized carbons (Fsp3) is 0.400. The highest BCUT2D eigenvalue weighted by atomic mass is 32.2. The third-order valence-corrected chi connectivity index (χ3v) is 4.19. The minimum absolute atomic E-state index is 0.126. The van der Waals surface area contributed by atoms with Crippen molar-refractivity contribution in [1.29, 1.82) is 0 Å². The van der Waals surface area contributed by atoms with E-state index in [2.05, 4.69) is 42.1 Å². The summed E-state index contributed by atoms with van der Waals surface area (Å²) in [6.07, 6.45) is 1.97. The number of rotatable bonds is 6. The molecule has 26 heavy (non-hydrogen) atoms. The largest absolute Gasteiger partial charge is 0.491 e. The summed E-state index contributed by atoms with van der Waals surface area (Å²) in [5.74, 6) is 1.21. The van der Waals surface area contributed by atoms with E-state index in [4.69, 9.17) is 10.5 Å². The van der Waals surface area contributed by atoms with E-state index in [0.717, 1.165) is 22.0 Å². The van der Waals surface area contributed by atoms with Gasteiger partial charge in [-0.15, -0.1) is 11.8 Å². The number of nitrogens with one attached hydrogen (secondary N) is 1. The van der Waals surface area contributed by atoms with E-state index >= 15 is 0 Å². The second kappa shape index (κ2) is 8.94. The second-order valence-electron chi connectivity index (χ2n) is 7.23. The van der Waals surface area contributed by atoms with Crippen LogP contribution in [0.25, 0.3) is 0 Å². The number of nitrogens with two attached hydrogens (primary N) is 1. The van der Waals surface area contributed by atoms with E-state index in [1.54, 1.807) is 11.8 Å². The molecule has 5 nitrogen and oxygen atoms in total. The molecule has 0 atom stereocenters. The summed E-state index contributed by atoms with van der Waals surface area (Å²) in [6.45, 7) is 11.0. The first-order valence-electron chi connectivity index (χ1n) is 8.69. The van der Waals surface area contributed by atoms with Gasteiger partial charge in [0, 0.05) is 16.6 Å². The Hall–Kier alpha value is -2.21. The van der Waals surface area contributed by atoms with Crippen molar-refractivity contribution in [2.45, 2.75) is 57.0 Å². The lowest BCUT2D eigenvalue weighted by atomic mass is 10.3. The molecular weight excluding hydrogens is 344 g/mol. The molecule has 2 aromatic rings. The summed E-state index contributed by atoms with van der Waals surface area (Å²) in [5.41, 5.74) is 7.96. The summed E-state index contributed by atoms with van der Waals surface area (Å²) >= 11 is 1.74. The van der Waals surface area contributed by atoms with Crippen molar-refractivity contribution >= 4 is 23.4 Å². The number of guanidine groups is 1. The summed E-state index contributed by atoms with van der Waals surface area (Å²) in [4.78, 5) is 8.82. The zero-order valence-corrected chi connectivity index (χ0v) is 16.9. The van der Waals surface area contributed by atoms with Crippen LogP contribution in [0.2, 0.25) is 0 Å². The van der Waals surface area contributed by atoms with Gasteiger partial charge in [0.15, 0.2) is 5.96 Å². The lowest BCUT2D eigenvalue weighted by Gasteiger charge is -2.16. The number of aromatic nitrogens is 1. The Balaban J connectivity index is 1.94. The number of aliphatic imine (C=N–C) groups is 1. The first-order valence-corrected chi connectivity index (χ1v) is 9.50. The maximum Gasteiger partial charge on any atom is 0.193 e. The maximum atomic E-state index is 6.00. The summed E-state index contributed by atoms with van der Waals surface area (Å²) in [5, 5.41) is 4.09. The maximum absolute atomic E-state index is 6.00. The monoisotopic (exact) mass is 372 g/mol. The average molecular weight is 373 g/mol. The predicted octanol–water partition coefficient (Wildman–Crippen LogP) is 4.69. The summed E-state index contributed by atoms with van der Waals surface area (Å²) in [6, 6.07) is 11.7. The SMILES string of the molecule is CC(C)Oc1ccc(NC(N)=NCc2ccnc(SC(C)(C)C)c2)cc1. The number of nitrogens with zero attached hydrogens (tertiary/aromatic N) is 2. The zero-order chi connectivity index (χ0) is 19.2. The number of anilines is 1. The number of benzene rings is 1. The van der Waals surface area contributed by atoms with E-state index in [-0.39, 0.29) is 10.9 Å². The van der Waals surface area contributed by atoms with Crippen LogP contribution in [-0.2, 0) is 6.54 Å². The van der Waals surface area contributed by atoms with Crippen molar-refractivity contribution < 1.29 is 4.74 Å². The van der Waals surface area contributed by atoms with Crippen LogP contribution < -0.4 is 15.8 Å². The molecule has 0 saturated carbocycles. The Bertz CT molecular complexity index is 736. The Morgan fingerprint density at radius 2 is 1.92 bits per heavy atom. The van der Waals surface area contributed by atoms with E-state index in [1.807, 2.05) is 50.4 Å². The van der Waals surface area contributed by atoms with Gasteiger partial charge >= 0.3 is 0 Å². The number of hydrogen-bond acceptors (Lipinski definition) is 4. The van der Waals surface area contributed by atoms with Gasteiger partial charge in [-0.1, -0.05) is 20.8 Å². The highest BCUT2D eigenvalue weighted by Crippen LogP contribution is 2.30. The molecule has 0 radical (unpaired) electrons. The molecule has 0 aliphatic rings. The number of pyridine rings is 1. The molecule has 140 valence electrons. The van der Waals surface area contributed by atoms with Gasteiger partial charge in [-0.2, -0.15) is 0 Å². The van der Waals surface area contributed by atoms with E-state index < -0.39 is 0 Å². The van der Waals surface area contributed by atoms with Gasteiger partial charge < -0.3 is 15.8 Å². The topological polar surface area (TPSA) is 72.5 Å². The average Bonchev–Trinajstić information content (AvgIpc) is 2.53. The smallest absolute Gasteiger partial charge is 0.193 e. The van der Waals surface area contributed by atoms with Gasteiger partial charge in [0.25, 0.3) is 0 Å².